The zero-order chi connectivity index (χ0) is 19.5. The maximum atomic E-state index is 12.2. The van der Waals surface area contributed by atoms with Crippen molar-refractivity contribution in [3.05, 3.63) is 94.0 Å². The fraction of sp³-hybridized carbons (Fsp3) is 0.0435. The van der Waals surface area contributed by atoms with Crippen LogP contribution in [0.2, 0.25) is 0 Å². The Labute approximate surface area is 171 Å². The van der Waals surface area contributed by atoms with Crippen LogP contribution >= 0.6 is 15.9 Å². The number of hydrogen-bond donors (Lipinski definition) is 1. The molecule has 0 aliphatic carbocycles. The summed E-state index contributed by atoms with van der Waals surface area (Å²) in [5, 5.41) is 2.86. The van der Waals surface area contributed by atoms with Crippen LogP contribution in [0.25, 0.3) is 11.6 Å². The lowest BCUT2D eigenvalue weighted by Crippen LogP contribution is -2.11. The van der Waals surface area contributed by atoms with Gasteiger partial charge in [0.1, 0.15) is 5.75 Å². The standard InChI is InChI=1S/C23H16BrNO3/c24-17-9-7-16(8-10-17)22(26)14-28-18-11-5-15(6-12-18)13-20-19-3-1-2-4-21(19)25-23(20)27/h1-13H,14H2,(H,25,27)/b20-13-. The van der Waals surface area contributed by atoms with Gasteiger partial charge in [-0.15, -0.1) is 0 Å². The van der Waals surface area contributed by atoms with Gasteiger partial charge in [-0.25, -0.2) is 0 Å². The molecule has 0 spiro atoms. The summed E-state index contributed by atoms with van der Waals surface area (Å²) >= 11 is 3.35. The third-order valence-electron chi connectivity index (χ3n) is 4.44. The first kappa shape index (κ1) is 18.2. The van der Waals surface area contributed by atoms with E-state index in [0.717, 1.165) is 21.3 Å². The summed E-state index contributed by atoms with van der Waals surface area (Å²) in [7, 11) is 0. The fourth-order valence-electron chi connectivity index (χ4n) is 2.98. The van der Waals surface area contributed by atoms with Crippen molar-refractivity contribution < 1.29 is 14.3 Å². The number of carbonyl (C=O) groups is 2. The summed E-state index contributed by atoms with van der Waals surface area (Å²) in [5.74, 6) is 0.406. The van der Waals surface area contributed by atoms with Gasteiger partial charge in [-0.1, -0.05) is 58.4 Å². The molecule has 3 aromatic carbocycles. The minimum Gasteiger partial charge on any atom is -0.485 e. The van der Waals surface area contributed by atoms with E-state index in [1.54, 1.807) is 24.3 Å². The van der Waals surface area contributed by atoms with Crippen LogP contribution < -0.4 is 10.1 Å². The Balaban J connectivity index is 1.44. The Kier molecular flexibility index (Phi) is 5.08. The minimum absolute atomic E-state index is 0.0299. The molecular formula is C23H16BrNO3. The fourth-order valence-corrected chi connectivity index (χ4v) is 3.24. The van der Waals surface area contributed by atoms with E-state index in [-0.39, 0.29) is 18.3 Å². The summed E-state index contributed by atoms with van der Waals surface area (Å²) in [5.41, 5.74) is 3.84. The summed E-state index contributed by atoms with van der Waals surface area (Å²) in [6.07, 6.45) is 1.85. The van der Waals surface area contributed by atoms with Crippen molar-refractivity contribution in [2.24, 2.45) is 0 Å². The molecule has 28 heavy (non-hydrogen) atoms. The first-order chi connectivity index (χ1) is 13.6. The van der Waals surface area contributed by atoms with Crippen molar-refractivity contribution in [2.45, 2.75) is 0 Å². The molecule has 0 fully saturated rings. The molecule has 0 unspecified atom stereocenters. The number of Topliss-reactive ketones (excluding diaryl/α,β-unsaturated/α-hetero) is 1. The van der Waals surface area contributed by atoms with E-state index in [0.29, 0.717) is 16.9 Å². The molecule has 138 valence electrons. The number of halogens is 1. The number of para-hydroxylation sites is 1. The van der Waals surface area contributed by atoms with E-state index in [1.165, 1.54) is 0 Å². The number of rotatable bonds is 5. The maximum Gasteiger partial charge on any atom is 0.256 e. The number of ether oxygens (including phenoxy) is 1. The SMILES string of the molecule is O=C1Nc2ccccc2/C1=C/c1ccc(OCC(=O)c2ccc(Br)cc2)cc1. The molecule has 4 rings (SSSR count). The van der Waals surface area contributed by atoms with Crippen LogP contribution in [-0.2, 0) is 4.79 Å². The second-order valence-corrected chi connectivity index (χ2v) is 7.26. The summed E-state index contributed by atoms with van der Waals surface area (Å²) in [6, 6.07) is 22.1. The third kappa shape index (κ3) is 3.89. The van der Waals surface area contributed by atoms with Gasteiger partial charge < -0.3 is 10.1 Å². The van der Waals surface area contributed by atoms with Crippen LogP contribution in [0.15, 0.2) is 77.3 Å². The van der Waals surface area contributed by atoms with E-state index in [9.17, 15) is 9.59 Å². The Morgan fingerprint density at radius 1 is 0.964 bits per heavy atom. The monoisotopic (exact) mass is 433 g/mol. The second kappa shape index (κ2) is 7.82. The van der Waals surface area contributed by atoms with Crippen molar-refractivity contribution in [2.75, 3.05) is 11.9 Å². The van der Waals surface area contributed by atoms with Crippen molar-refractivity contribution in [3.63, 3.8) is 0 Å². The molecule has 1 N–H and O–H groups in total. The van der Waals surface area contributed by atoms with E-state index in [1.807, 2.05) is 54.6 Å². The number of carbonyl (C=O) groups excluding carboxylic acids is 2. The molecule has 1 heterocycles. The number of nitrogens with one attached hydrogen (secondary N) is 1. The van der Waals surface area contributed by atoms with Crippen LogP contribution in [0.4, 0.5) is 5.69 Å². The van der Waals surface area contributed by atoms with Crippen molar-refractivity contribution in [1.29, 1.82) is 0 Å². The molecule has 1 aliphatic rings. The van der Waals surface area contributed by atoms with Gasteiger partial charge in [0.05, 0.1) is 0 Å². The normalized spacial score (nSPS) is 13.9. The van der Waals surface area contributed by atoms with Crippen LogP contribution in [0.3, 0.4) is 0 Å². The van der Waals surface area contributed by atoms with E-state index >= 15 is 0 Å². The molecule has 0 radical (unpaired) electrons. The number of hydrogen-bond acceptors (Lipinski definition) is 3. The van der Waals surface area contributed by atoms with Gasteiger partial charge in [-0.2, -0.15) is 0 Å². The zero-order valence-electron chi connectivity index (χ0n) is 14.8. The van der Waals surface area contributed by atoms with Crippen LogP contribution in [0, 0.1) is 0 Å². The number of ketones is 1. The van der Waals surface area contributed by atoms with Gasteiger partial charge in [0.2, 0.25) is 0 Å². The second-order valence-electron chi connectivity index (χ2n) is 6.35. The van der Waals surface area contributed by atoms with Gasteiger partial charge in [0.15, 0.2) is 12.4 Å². The van der Waals surface area contributed by atoms with Gasteiger partial charge in [-0.3, -0.25) is 9.59 Å². The lowest BCUT2D eigenvalue weighted by molar-refractivity contribution is -0.110. The van der Waals surface area contributed by atoms with Gasteiger partial charge in [-0.05, 0) is 42.0 Å². The predicted octanol–water partition coefficient (Wildman–Crippen LogP) is 5.20. The Bertz CT molecular complexity index is 1070. The third-order valence-corrected chi connectivity index (χ3v) is 4.97. The molecule has 0 atom stereocenters. The molecule has 0 saturated carbocycles. The summed E-state index contributed by atoms with van der Waals surface area (Å²) in [4.78, 5) is 24.4. The molecular weight excluding hydrogens is 418 g/mol. The Hall–Kier alpha value is -3.18. The van der Waals surface area contributed by atoms with Crippen LogP contribution in [0.5, 0.6) is 5.75 Å². The first-order valence-electron chi connectivity index (χ1n) is 8.74. The largest absolute Gasteiger partial charge is 0.485 e. The highest BCUT2D eigenvalue weighted by Gasteiger charge is 2.23. The first-order valence-corrected chi connectivity index (χ1v) is 9.53. The maximum absolute atomic E-state index is 12.2. The van der Waals surface area contributed by atoms with Crippen LogP contribution in [-0.4, -0.2) is 18.3 Å². The van der Waals surface area contributed by atoms with Crippen molar-refractivity contribution >= 4 is 45.0 Å². The quantitative estimate of drug-likeness (QED) is 0.444. The molecule has 0 bridgehead atoms. The molecule has 4 nitrogen and oxygen atoms in total. The lowest BCUT2D eigenvalue weighted by Gasteiger charge is -2.06. The van der Waals surface area contributed by atoms with Crippen molar-refractivity contribution in [1.82, 2.24) is 0 Å². The molecule has 1 amide bonds. The number of amides is 1. The molecule has 0 aromatic heterocycles. The van der Waals surface area contributed by atoms with Gasteiger partial charge in [0.25, 0.3) is 5.91 Å². The lowest BCUT2D eigenvalue weighted by atomic mass is 10.0. The van der Waals surface area contributed by atoms with E-state index in [4.69, 9.17) is 4.74 Å². The van der Waals surface area contributed by atoms with E-state index in [2.05, 4.69) is 21.2 Å². The van der Waals surface area contributed by atoms with Gasteiger partial charge in [0, 0.05) is 26.9 Å². The van der Waals surface area contributed by atoms with Crippen molar-refractivity contribution in [3.8, 4) is 5.75 Å². The van der Waals surface area contributed by atoms with Crippen LogP contribution in [0.1, 0.15) is 21.5 Å². The zero-order valence-corrected chi connectivity index (χ0v) is 16.4. The number of anilines is 1. The highest BCUT2D eigenvalue weighted by Crippen LogP contribution is 2.32. The van der Waals surface area contributed by atoms with Gasteiger partial charge >= 0.3 is 0 Å². The predicted molar refractivity (Wildman–Crippen MR) is 113 cm³/mol. The topological polar surface area (TPSA) is 55.4 Å². The molecule has 0 saturated heterocycles. The Morgan fingerprint density at radius 2 is 1.68 bits per heavy atom. The number of fused-ring (bicyclic) bond motifs is 1. The van der Waals surface area contributed by atoms with E-state index < -0.39 is 0 Å². The molecule has 5 heteroatoms. The smallest absolute Gasteiger partial charge is 0.256 e. The minimum atomic E-state index is -0.110. The number of benzene rings is 3. The average molecular weight is 434 g/mol. The highest BCUT2D eigenvalue weighted by atomic mass is 79.9. The Morgan fingerprint density at radius 3 is 2.43 bits per heavy atom. The summed E-state index contributed by atoms with van der Waals surface area (Å²) < 4.78 is 6.52. The highest BCUT2D eigenvalue weighted by molar-refractivity contribution is 9.10. The average Bonchev–Trinajstić information content (AvgIpc) is 3.03. The molecule has 3 aromatic rings. The summed E-state index contributed by atoms with van der Waals surface area (Å²) in [6.45, 7) is -0.0299. The molecule has 1 aliphatic heterocycles.